The van der Waals surface area contributed by atoms with Crippen LogP contribution in [0.2, 0.25) is 10.0 Å². The van der Waals surface area contributed by atoms with Crippen LogP contribution in [0.3, 0.4) is 0 Å². The normalized spacial score (nSPS) is 15.5. The number of benzene rings is 1. The highest BCUT2D eigenvalue weighted by molar-refractivity contribution is 6.31. The molecule has 0 saturated carbocycles. The molecule has 1 aliphatic rings. The summed E-state index contributed by atoms with van der Waals surface area (Å²) in [6, 6.07) is 10.6. The van der Waals surface area contributed by atoms with Gasteiger partial charge in [-0.1, -0.05) is 23.2 Å². The number of hydrogen-bond acceptors (Lipinski definition) is 3. The fourth-order valence-corrected chi connectivity index (χ4v) is 2.85. The average molecular weight is 351 g/mol. The molecule has 1 fully saturated rings. The Morgan fingerprint density at radius 3 is 2.43 bits per heavy atom. The smallest absolute Gasteiger partial charge is 0.272 e. The Morgan fingerprint density at radius 2 is 1.78 bits per heavy atom. The van der Waals surface area contributed by atoms with Crippen LogP contribution < -0.4 is 4.74 Å². The Kier molecular flexibility index (Phi) is 5.03. The van der Waals surface area contributed by atoms with E-state index < -0.39 is 0 Å². The van der Waals surface area contributed by atoms with E-state index in [1.54, 1.807) is 35.4 Å². The number of rotatable bonds is 3. The summed E-state index contributed by atoms with van der Waals surface area (Å²) in [5.41, 5.74) is 0.384. The van der Waals surface area contributed by atoms with E-state index in [2.05, 4.69) is 4.98 Å². The average Bonchev–Trinajstić information content (AvgIpc) is 2.57. The molecule has 23 heavy (non-hydrogen) atoms. The maximum atomic E-state index is 12.4. The molecule has 2 heterocycles. The summed E-state index contributed by atoms with van der Waals surface area (Å²) in [5, 5.41) is 1.20. The highest BCUT2D eigenvalue weighted by Gasteiger charge is 2.25. The standard InChI is InChI=1S/C17H16Cl2N2O2/c18-12-1-3-14(4-2-12)23-15-6-9-21(10-7-15)17(22)16-11-13(19)5-8-20-16/h1-5,8,11,15H,6-7,9-10H2. The molecule has 0 bridgehead atoms. The third-order valence-corrected chi connectivity index (χ3v) is 4.27. The first kappa shape index (κ1) is 16.1. The van der Waals surface area contributed by atoms with Crippen LogP contribution >= 0.6 is 23.2 Å². The van der Waals surface area contributed by atoms with Crippen molar-refractivity contribution in [2.24, 2.45) is 0 Å². The van der Waals surface area contributed by atoms with E-state index in [1.165, 1.54) is 0 Å². The Bertz CT molecular complexity index is 683. The molecule has 1 aromatic carbocycles. The second-order valence-corrected chi connectivity index (χ2v) is 6.30. The molecule has 4 nitrogen and oxygen atoms in total. The van der Waals surface area contributed by atoms with Gasteiger partial charge >= 0.3 is 0 Å². The van der Waals surface area contributed by atoms with Crippen molar-refractivity contribution >= 4 is 29.1 Å². The molecular weight excluding hydrogens is 335 g/mol. The number of ether oxygens (including phenoxy) is 1. The van der Waals surface area contributed by atoms with Gasteiger partial charge in [-0.05, 0) is 36.4 Å². The van der Waals surface area contributed by atoms with Gasteiger partial charge in [-0.15, -0.1) is 0 Å². The molecule has 0 unspecified atom stereocenters. The molecule has 2 aromatic rings. The number of amides is 1. The molecule has 0 atom stereocenters. The number of piperidine rings is 1. The summed E-state index contributed by atoms with van der Waals surface area (Å²) in [6.07, 6.45) is 3.23. The van der Waals surface area contributed by atoms with Gasteiger partial charge in [-0.2, -0.15) is 0 Å². The zero-order chi connectivity index (χ0) is 16.2. The lowest BCUT2D eigenvalue weighted by Crippen LogP contribution is -2.42. The zero-order valence-electron chi connectivity index (χ0n) is 12.4. The lowest BCUT2D eigenvalue weighted by molar-refractivity contribution is 0.0590. The van der Waals surface area contributed by atoms with Gasteiger partial charge in [0, 0.05) is 42.2 Å². The minimum atomic E-state index is -0.0857. The number of likely N-dealkylation sites (tertiary alicyclic amines) is 1. The van der Waals surface area contributed by atoms with Gasteiger partial charge < -0.3 is 9.64 Å². The van der Waals surface area contributed by atoms with Crippen molar-refractivity contribution in [2.45, 2.75) is 18.9 Å². The fraction of sp³-hybridized carbons (Fsp3) is 0.294. The second kappa shape index (κ2) is 7.20. The van der Waals surface area contributed by atoms with Gasteiger partial charge in [0.2, 0.25) is 0 Å². The number of aromatic nitrogens is 1. The van der Waals surface area contributed by atoms with E-state index in [1.807, 2.05) is 12.1 Å². The molecule has 3 rings (SSSR count). The van der Waals surface area contributed by atoms with Gasteiger partial charge in [0.15, 0.2) is 0 Å². The first-order chi connectivity index (χ1) is 11.1. The minimum absolute atomic E-state index is 0.0857. The van der Waals surface area contributed by atoms with Crippen molar-refractivity contribution in [3.8, 4) is 5.75 Å². The van der Waals surface area contributed by atoms with E-state index in [-0.39, 0.29) is 12.0 Å². The first-order valence-electron chi connectivity index (χ1n) is 7.45. The van der Waals surface area contributed by atoms with E-state index >= 15 is 0 Å². The summed E-state index contributed by atoms with van der Waals surface area (Å²) in [7, 11) is 0. The zero-order valence-corrected chi connectivity index (χ0v) is 13.9. The first-order valence-corrected chi connectivity index (χ1v) is 8.20. The highest BCUT2D eigenvalue weighted by Crippen LogP contribution is 2.22. The minimum Gasteiger partial charge on any atom is -0.490 e. The lowest BCUT2D eigenvalue weighted by atomic mass is 10.1. The number of halogens is 2. The molecular formula is C17H16Cl2N2O2. The number of carbonyl (C=O) groups is 1. The van der Waals surface area contributed by atoms with E-state index in [0.717, 1.165) is 18.6 Å². The van der Waals surface area contributed by atoms with Gasteiger partial charge in [-0.3, -0.25) is 9.78 Å². The van der Waals surface area contributed by atoms with Crippen molar-refractivity contribution < 1.29 is 9.53 Å². The number of nitrogens with zero attached hydrogens (tertiary/aromatic N) is 2. The summed E-state index contributed by atoms with van der Waals surface area (Å²) in [6.45, 7) is 1.29. The number of pyridine rings is 1. The molecule has 120 valence electrons. The third-order valence-electron chi connectivity index (χ3n) is 3.79. The van der Waals surface area contributed by atoms with Crippen molar-refractivity contribution in [1.82, 2.24) is 9.88 Å². The van der Waals surface area contributed by atoms with E-state index in [4.69, 9.17) is 27.9 Å². The van der Waals surface area contributed by atoms with Gasteiger partial charge in [0.1, 0.15) is 17.5 Å². The predicted molar refractivity (Wildman–Crippen MR) is 90.3 cm³/mol. The largest absolute Gasteiger partial charge is 0.490 e. The molecule has 1 saturated heterocycles. The van der Waals surface area contributed by atoms with Crippen LogP contribution in [0.15, 0.2) is 42.6 Å². The third kappa shape index (κ3) is 4.15. The molecule has 0 radical (unpaired) electrons. The van der Waals surface area contributed by atoms with Crippen LogP contribution in [0.1, 0.15) is 23.3 Å². The number of hydrogen-bond donors (Lipinski definition) is 0. The highest BCUT2D eigenvalue weighted by atomic mass is 35.5. The predicted octanol–water partition coefficient (Wildman–Crippen LogP) is 4.07. The van der Waals surface area contributed by atoms with Crippen LogP contribution in [0.5, 0.6) is 5.75 Å². The van der Waals surface area contributed by atoms with Crippen LogP contribution in [-0.2, 0) is 0 Å². The molecule has 0 N–H and O–H groups in total. The SMILES string of the molecule is O=C(c1cc(Cl)ccn1)N1CCC(Oc2ccc(Cl)cc2)CC1. The van der Waals surface area contributed by atoms with Crippen LogP contribution in [0, 0.1) is 0 Å². The van der Waals surface area contributed by atoms with E-state index in [0.29, 0.717) is 28.8 Å². The van der Waals surface area contributed by atoms with Crippen LogP contribution in [0.4, 0.5) is 0 Å². The molecule has 0 spiro atoms. The Labute approximate surface area is 145 Å². The Morgan fingerprint density at radius 1 is 1.09 bits per heavy atom. The van der Waals surface area contributed by atoms with Crippen molar-refractivity contribution in [1.29, 1.82) is 0 Å². The van der Waals surface area contributed by atoms with Crippen LogP contribution in [0.25, 0.3) is 0 Å². The topological polar surface area (TPSA) is 42.4 Å². The monoisotopic (exact) mass is 350 g/mol. The van der Waals surface area contributed by atoms with Crippen molar-refractivity contribution in [2.75, 3.05) is 13.1 Å². The summed E-state index contributed by atoms with van der Waals surface area (Å²) >= 11 is 11.8. The summed E-state index contributed by atoms with van der Waals surface area (Å²) in [5.74, 6) is 0.716. The molecule has 6 heteroatoms. The van der Waals surface area contributed by atoms with E-state index in [9.17, 15) is 4.79 Å². The fourth-order valence-electron chi connectivity index (χ4n) is 2.57. The maximum absolute atomic E-state index is 12.4. The van der Waals surface area contributed by atoms with Crippen molar-refractivity contribution in [3.05, 3.63) is 58.3 Å². The van der Waals surface area contributed by atoms with Crippen molar-refractivity contribution in [3.63, 3.8) is 0 Å². The maximum Gasteiger partial charge on any atom is 0.272 e. The lowest BCUT2D eigenvalue weighted by Gasteiger charge is -2.32. The van der Waals surface area contributed by atoms with Crippen LogP contribution in [-0.4, -0.2) is 35.0 Å². The van der Waals surface area contributed by atoms with Gasteiger partial charge in [-0.25, -0.2) is 0 Å². The second-order valence-electron chi connectivity index (χ2n) is 5.42. The molecule has 0 aliphatic carbocycles. The Hall–Kier alpha value is -1.78. The van der Waals surface area contributed by atoms with Gasteiger partial charge in [0.25, 0.3) is 5.91 Å². The Balaban J connectivity index is 1.55. The van der Waals surface area contributed by atoms with Gasteiger partial charge in [0.05, 0.1) is 0 Å². The summed E-state index contributed by atoms with van der Waals surface area (Å²) < 4.78 is 5.93. The number of carbonyl (C=O) groups excluding carboxylic acids is 1. The quantitative estimate of drug-likeness (QED) is 0.837. The summed E-state index contributed by atoms with van der Waals surface area (Å²) in [4.78, 5) is 18.3. The molecule has 1 aromatic heterocycles. The molecule has 1 aliphatic heterocycles. The molecule has 1 amide bonds.